The Morgan fingerprint density at radius 1 is 1.43 bits per heavy atom. The molecule has 0 aliphatic rings. The summed E-state index contributed by atoms with van der Waals surface area (Å²) in [6.07, 6.45) is 3.74. The highest BCUT2D eigenvalue weighted by atomic mass is 19.1. The number of amides is 1. The smallest absolute Gasteiger partial charge is 0.347 e. The van der Waals surface area contributed by atoms with Crippen molar-refractivity contribution in [1.29, 1.82) is 0 Å². The summed E-state index contributed by atoms with van der Waals surface area (Å²) in [5.74, 6) is -0.702. The van der Waals surface area contributed by atoms with Crippen molar-refractivity contribution in [2.45, 2.75) is 19.4 Å². The Hall–Kier alpha value is -2.70. The highest BCUT2D eigenvalue weighted by Gasteiger charge is 2.06. The first kappa shape index (κ1) is 14.7. The van der Waals surface area contributed by atoms with Gasteiger partial charge in [-0.15, -0.1) is 0 Å². The van der Waals surface area contributed by atoms with Gasteiger partial charge in [0, 0.05) is 25.4 Å². The third-order valence-corrected chi connectivity index (χ3v) is 2.87. The molecule has 0 saturated heterocycles. The molecule has 1 heterocycles. The summed E-state index contributed by atoms with van der Waals surface area (Å²) in [4.78, 5) is 26.7. The lowest BCUT2D eigenvalue weighted by atomic mass is 10.2. The van der Waals surface area contributed by atoms with Crippen LogP contribution in [0.4, 0.5) is 15.8 Å². The SMILES string of the molecule is Nc1cc(F)ccc1NC(=O)CCCn1cccnc1=O. The zero-order valence-corrected chi connectivity index (χ0v) is 11.3. The van der Waals surface area contributed by atoms with Crippen LogP contribution in [-0.2, 0) is 11.3 Å². The van der Waals surface area contributed by atoms with Crippen LogP contribution in [0.5, 0.6) is 0 Å². The average Bonchev–Trinajstić information content (AvgIpc) is 2.44. The molecule has 0 unspecified atom stereocenters. The van der Waals surface area contributed by atoms with Gasteiger partial charge in [0.05, 0.1) is 11.4 Å². The molecule has 0 saturated carbocycles. The Balaban J connectivity index is 1.85. The third-order valence-electron chi connectivity index (χ3n) is 2.87. The summed E-state index contributed by atoms with van der Waals surface area (Å²) in [5, 5.41) is 2.60. The molecule has 6 nitrogen and oxygen atoms in total. The zero-order valence-electron chi connectivity index (χ0n) is 11.3. The second kappa shape index (κ2) is 6.65. The summed E-state index contributed by atoms with van der Waals surface area (Å²) in [6.45, 7) is 0.402. The van der Waals surface area contributed by atoms with Gasteiger partial charge in [-0.1, -0.05) is 0 Å². The van der Waals surface area contributed by atoms with Crippen molar-refractivity contribution in [3.8, 4) is 0 Å². The van der Waals surface area contributed by atoms with E-state index in [1.807, 2.05) is 0 Å². The molecule has 2 aromatic rings. The molecule has 7 heteroatoms. The maximum atomic E-state index is 12.9. The second-order valence-corrected chi connectivity index (χ2v) is 4.48. The van der Waals surface area contributed by atoms with Gasteiger partial charge in [0.25, 0.3) is 0 Å². The minimum atomic E-state index is -0.457. The van der Waals surface area contributed by atoms with Gasteiger partial charge in [-0.2, -0.15) is 0 Å². The molecule has 3 N–H and O–H groups in total. The van der Waals surface area contributed by atoms with Crippen LogP contribution in [-0.4, -0.2) is 15.5 Å². The minimum absolute atomic E-state index is 0.173. The Bertz CT molecular complexity index is 699. The lowest BCUT2D eigenvalue weighted by Gasteiger charge is -2.08. The van der Waals surface area contributed by atoms with E-state index in [1.54, 1.807) is 12.3 Å². The first-order valence-corrected chi connectivity index (χ1v) is 6.42. The molecule has 0 bridgehead atoms. The van der Waals surface area contributed by atoms with Crippen molar-refractivity contribution in [3.63, 3.8) is 0 Å². The maximum absolute atomic E-state index is 12.9. The van der Waals surface area contributed by atoms with Crippen LogP contribution >= 0.6 is 0 Å². The zero-order chi connectivity index (χ0) is 15.2. The number of hydrogen-bond acceptors (Lipinski definition) is 4. The van der Waals surface area contributed by atoms with Gasteiger partial charge in [-0.25, -0.2) is 14.2 Å². The fourth-order valence-electron chi connectivity index (χ4n) is 1.83. The molecule has 21 heavy (non-hydrogen) atoms. The minimum Gasteiger partial charge on any atom is -0.397 e. The summed E-state index contributed by atoms with van der Waals surface area (Å²) >= 11 is 0. The number of aromatic nitrogens is 2. The summed E-state index contributed by atoms with van der Waals surface area (Å²) in [6, 6.07) is 5.43. The number of benzene rings is 1. The number of nitrogens with two attached hydrogens (primary N) is 1. The number of anilines is 2. The number of carbonyl (C=O) groups excluding carboxylic acids is 1. The van der Waals surface area contributed by atoms with Gasteiger partial charge in [0.2, 0.25) is 5.91 Å². The van der Waals surface area contributed by atoms with Crippen molar-refractivity contribution in [2.75, 3.05) is 11.1 Å². The maximum Gasteiger partial charge on any atom is 0.347 e. The second-order valence-electron chi connectivity index (χ2n) is 4.48. The van der Waals surface area contributed by atoms with Crippen LogP contribution in [0.2, 0.25) is 0 Å². The Labute approximate surface area is 120 Å². The Morgan fingerprint density at radius 2 is 2.24 bits per heavy atom. The van der Waals surface area contributed by atoms with Gasteiger partial charge in [-0.05, 0) is 30.7 Å². The van der Waals surface area contributed by atoms with Crippen molar-refractivity contribution in [2.24, 2.45) is 0 Å². The van der Waals surface area contributed by atoms with E-state index in [4.69, 9.17) is 5.73 Å². The molecule has 1 amide bonds. The molecule has 2 rings (SSSR count). The number of rotatable bonds is 5. The lowest BCUT2D eigenvalue weighted by molar-refractivity contribution is -0.116. The van der Waals surface area contributed by atoms with Gasteiger partial charge < -0.3 is 11.1 Å². The van der Waals surface area contributed by atoms with Crippen molar-refractivity contribution < 1.29 is 9.18 Å². The molecule has 0 aliphatic carbocycles. The molecule has 0 fully saturated rings. The molecule has 1 aromatic heterocycles. The van der Waals surface area contributed by atoms with E-state index in [2.05, 4.69) is 10.3 Å². The number of carbonyl (C=O) groups is 1. The highest BCUT2D eigenvalue weighted by Crippen LogP contribution is 2.19. The van der Waals surface area contributed by atoms with Gasteiger partial charge in [0.1, 0.15) is 5.82 Å². The van der Waals surface area contributed by atoms with E-state index in [1.165, 1.54) is 22.9 Å². The van der Waals surface area contributed by atoms with Gasteiger partial charge in [-0.3, -0.25) is 9.36 Å². The van der Waals surface area contributed by atoms with E-state index in [9.17, 15) is 14.0 Å². The van der Waals surface area contributed by atoms with Gasteiger partial charge >= 0.3 is 5.69 Å². The highest BCUT2D eigenvalue weighted by molar-refractivity contribution is 5.93. The molecular formula is C14H15FN4O2. The average molecular weight is 290 g/mol. The molecule has 0 spiro atoms. The molecule has 1 aromatic carbocycles. The molecular weight excluding hydrogens is 275 g/mol. The summed E-state index contributed by atoms with van der Waals surface area (Å²) in [5.41, 5.74) is 5.80. The Morgan fingerprint density at radius 3 is 2.95 bits per heavy atom. The van der Waals surface area contributed by atoms with Crippen molar-refractivity contribution >= 4 is 17.3 Å². The lowest BCUT2D eigenvalue weighted by Crippen LogP contribution is -2.22. The monoisotopic (exact) mass is 290 g/mol. The molecule has 110 valence electrons. The Kier molecular flexibility index (Phi) is 4.65. The van der Waals surface area contributed by atoms with Crippen LogP contribution in [0.15, 0.2) is 41.5 Å². The standard InChI is InChI=1S/C14H15FN4O2/c15-10-4-5-12(11(16)9-10)18-13(20)3-1-7-19-8-2-6-17-14(19)21/h2,4-6,8-9H,1,3,7,16H2,(H,18,20). The van der Waals surface area contributed by atoms with Crippen molar-refractivity contribution in [3.05, 3.63) is 53.0 Å². The predicted octanol–water partition coefficient (Wildman–Crippen LogP) is 1.38. The quantitative estimate of drug-likeness (QED) is 0.814. The van der Waals surface area contributed by atoms with E-state index >= 15 is 0 Å². The summed E-state index contributed by atoms with van der Waals surface area (Å²) in [7, 11) is 0. The van der Waals surface area contributed by atoms with Crippen molar-refractivity contribution in [1.82, 2.24) is 9.55 Å². The third kappa shape index (κ3) is 4.13. The van der Waals surface area contributed by atoms with Crippen LogP contribution in [0.25, 0.3) is 0 Å². The number of aryl methyl sites for hydroxylation is 1. The number of nitrogens with zero attached hydrogens (tertiary/aromatic N) is 2. The van der Waals surface area contributed by atoms with Crippen LogP contribution in [0, 0.1) is 5.82 Å². The van der Waals surface area contributed by atoms with E-state index in [0.29, 0.717) is 18.7 Å². The number of nitrogens with one attached hydrogen (secondary N) is 1. The van der Waals surface area contributed by atoms with Crippen LogP contribution in [0.3, 0.4) is 0 Å². The normalized spacial score (nSPS) is 10.3. The first-order chi connectivity index (χ1) is 10.1. The molecule has 0 atom stereocenters. The number of hydrogen-bond donors (Lipinski definition) is 2. The van der Waals surface area contributed by atoms with Crippen LogP contribution < -0.4 is 16.7 Å². The van der Waals surface area contributed by atoms with E-state index < -0.39 is 5.82 Å². The number of halogens is 1. The topological polar surface area (TPSA) is 90.0 Å². The summed E-state index contributed by atoms with van der Waals surface area (Å²) < 4.78 is 14.3. The van der Waals surface area contributed by atoms with Crippen LogP contribution in [0.1, 0.15) is 12.8 Å². The molecule has 0 radical (unpaired) electrons. The number of nitrogen functional groups attached to an aromatic ring is 1. The van der Waals surface area contributed by atoms with E-state index in [0.717, 1.165) is 6.07 Å². The fraction of sp³-hybridized carbons (Fsp3) is 0.214. The first-order valence-electron chi connectivity index (χ1n) is 6.42. The largest absolute Gasteiger partial charge is 0.397 e. The molecule has 0 aliphatic heterocycles. The predicted molar refractivity (Wildman–Crippen MR) is 77.2 cm³/mol. The fourth-order valence-corrected chi connectivity index (χ4v) is 1.83. The van der Waals surface area contributed by atoms with E-state index in [-0.39, 0.29) is 23.7 Å². The van der Waals surface area contributed by atoms with Gasteiger partial charge in [0.15, 0.2) is 0 Å².